The van der Waals surface area contributed by atoms with Crippen LogP contribution in [0.2, 0.25) is 5.02 Å². The van der Waals surface area contributed by atoms with Crippen LogP contribution in [-0.4, -0.2) is 18.7 Å². The summed E-state index contributed by atoms with van der Waals surface area (Å²) in [5, 5.41) is 4.64. The molecule has 0 saturated heterocycles. The van der Waals surface area contributed by atoms with Crippen molar-refractivity contribution in [1.29, 1.82) is 0 Å². The van der Waals surface area contributed by atoms with Crippen LogP contribution in [-0.2, 0) is 11.4 Å². The summed E-state index contributed by atoms with van der Waals surface area (Å²) in [6.45, 7) is 4.25. The molecular formula is C24H23ClN2O3. The molecule has 0 unspecified atom stereocenters. The summed E-state index contributed by atoms with van der Waals surface area (Å²) in [7, 11) is 0. The maximum absolute atomic E-state index is 11.9. The van der Waals surface area contributed by atoms with Crippen molar-refractivity contribution in [2.45, 2.75) is 20.5 Å². The summed E-state index contributed by atoms with van der Waals surface area (Å²) in [5.74, 6) is 1.08. The number of benzene rings is 3. The standard InChI is InChI=1S/C24H23ClN2O3/c1-17-7-12-23(18(2)13-17)30-16-24(28)27-26-14-19-8-10-21(11-9-19)29-15-20-5-3-4-6-22(20)25/h3-14H,15-16H2,1-2H3,(H,27,28)/b26-14-. The minimum absolute atomic E-state index is 0.101. The van der Waals surface area contributed by atoms with E-state index in [1.54, 1.807) is 6.21 Å². The summed E-state index contributed by atoms with van der Waals surface area (Å²) >= 11 is 6.13. The molecule has 3 rings (SSSR count). The van der Waals surface area contributed by atoms with E-state index in [0.29, 0.717) is 17.4 Å². The van der Waals surface area contributed by atoms with E-state index in [2.05, 4.69) is 10.5 Å². The number of hydrazone groups is 1. The Hall–Kier alpha value is -3.31. The highest BCUT2D eigenvalue weighted by atomic mass is 35.5. The lowest BCUT2D eigenvalue weighted by molar-refractivity contribution is -0.123. The van der Waals surface area contributed by atoms with Gasteiger partial charge in [0.15, 0.2) is 6.61 Å². The quantitative estimate of drug-likeness (QED) is 0.407. The second-order valence-corrected chi connectivity index (χ2v) is 7.21. The molecule has 0 fully saturated rings. The Kier molecular flexibility index (Phi) is 7.46. The van der Waals surface area contributed by atoms with Crippen LogP contribution in [0, 0.1) is 13.8 Å². The lowest BCUT2D eigenvalue weighted by Gasteiger charge is -2.08. The molecule has 0 spiro atoms. The normalized spacial score (nSPS) is 10.8. The summed E-state index contributed by atoms with van der Waals surface area (Å²) in [4.78, 5) is 11.9. The Morgan fingerprint density at radius 3 is 2.53 bits per heavy atom. The van der Waals surface area contributed by atoms with Gasteiger partial charge >= 0.3 is 0 Å². The molecule has 0 heterocycles. The van der Waals surface area contributed by atoms with Gasteiger partial charge in [-0.15, -0.1) is 0 Å². The third-order valence-electron chi connectivity index (χ3n) is 4.32. The van der Waals surface area contributed by atoms with Crippen LogP contribution in [0.25, 0.3) is 0 Å². The average molecular weight is 423 g/mol. The number of amides is 1. The van der Waals surface area contributed by atoms with E-state index in [1.165, 1.54) is 0 Å². The summed E-state index contributed by atoms with van der Waals surface area (Å²) in [5.41, 5.74) is 6.35. The second-order valence-electron chi connectivity index (χ2n) is 6.80. The highest BCUT2D eigenvalue weighted by molar-refractivity contribution is 6.31. The van der Waals surface area contributed by atoms with E-state index in [-0.39, 0.29) is 12.5 Å². The van der Waals surface area contributed by atoms with Crippen molar-refractivity contribution in [1.82, 2.24) is 5.43 Å². The topological polar surface area (TPSA) is 59.9 Å². The van der Waals surface area contributed by atoms with Gasteiger partial charge in [0, 0.05) is 10.6 Å². The van der Waals surface area contributed by atoms with E-state index in [9.17, 15) is 4.79 Å². The van der Waals surface area contributed by atoms with E-state index in [4.69, 9.17) is 21.1 Å². The van der Waals surface area contributed by atoms with Gasteiger partial charge in [-0.3, -0.25) is 4.79 Å². The molecule has 0 atom stereocenters. The molecule has 0 aliphatic heterocycles. The monoisotopic (exact) mass is 422 g/mol. The molecule has 0 aromatic heterocycles. The first kappa shape index (κ1) is 21.4. The average Bonchev–Trinajstić information content (AvgIpc) is 2.73. The fraction of sp³-hybridized carbons (Fsp3) is 0.167. The predicted molar refractivity (Wildman–Crippen MR) is 119 cm³/mol. The van der Waals surface area contributed by atoms with Crippen molar-refractivity contribution in [2.24, 2.45) is 5.10 Å². The summed E-state index contributed by atoms with van der Waals surface area (Å²) < 4.78 is 11.3. The fourth-order valence-electron chi connectivity index (χ4n) is 2.74. The van der Waals surface area contributed by atoms with Gasteiger partial charge in [-0.05, 0) is 61.4 Å². The Morgan fingerprint density at radius 1 is 1.03 bits per heavy atom. The highest BCUT2D eigenvalue weighted by Crippen LogP contribution is 2.19. The molecule has 6 heteroatoms. The van der Waals surface area contributed by atoms with Crippen LogP contribution in [0.15, 0.2) is 71.8 Å². The van der Waals surface area contributed by atoms with Crippen LogP contribution in [0.1, 0.15) is 22.3 Å². The highest BCUT2D eigenvalue weighted by Gasteiger charge is 2.04. The van der Waals surface area contributed by atoms with Crippen molar-refractivity contribution >= 4 is 23.7 Å². The zero-order valence-corrected chi connectivity index (χ0v) is 17.6. The van der Waals surface area contributed by atoms with Gasteiger partial charge in [0.2, 0.25) is 0 Å². The zero-order valence-electron chi connectivity index (χ0n) is 16.9. The minimum Gasteiger partial charge on any atom is -0.489 e. The van der Waals surface area contributed by atoms with Gasteiger partial charge < -0.3 is 9.47 Å². The molecule has 0 aliphatic rings. The summed E-state index contributed by atoms with van der Waals surface area (Å²) in [6.07, 6.45) is 1.56. The minimum atomic E-state index is -0.328. The Labute approximate surface area is 181 Å². The molecule has 1 amide bonds. The first-order valence-electron chi connectivity index (χ1n) is 9.49. The molecule has 3 aromatic rings. The molecular weight excluding hydrogens is 400 g/mol. The SMILES string of the molecule is Cc1ccc(OCC(=O)N/N=C\c2ccc(OCc3ccccc3Cl)cc2)c(C)c1. The number of ether oxygens (including phenoxy) is 2. The number of nitrogens with zero attached hydrogens (tertiary/aromatic N) is 1. The molecule has 3 aromatic carbocycles. The van der Waals surface area contributed by atoms with Crippen LogP contribution in [0.4, 0.5) is 0 Å². The number of aryl methyl sites for hydroxylation is 2. The van der Waals surface area contributed by atoms with Gasteiger partial charge in [-0.25, -0.2) is 5.43 Å². The van der Waals surface area contributed by atoms with Crippen molar-refractivity contribution < 1.29 is 14.3 Å². The molecule has 0 saturated carbocycles. The van der Waals surface area contributed by atoms with Gasteiger partial charge in [-0.1, -0.05) is 47.5 Å². The molecule has 30 heavy (non-hydrogen) atoms. The lowest BCUT2D eigenvalue weighted by Crippen LogP contribution is -2.24. The zero-order chi connectivity index (χ0) is 21.3. The third kappa shape index (κ3) is 6.36. The van der Waals surface area contributed by atoms with E-state index in [1.807, 2.05) is 80.6 Å². The molecule has 0 radical (unpaired) electrons. The molecule has 154 valence electrons. The van der Waals surface area contributed by atoms with Crippen molar-refractivity contribution in [3.63, 3.8) is 0 Å². The number of carbonyl (C=O) groups is 1. The van der Waals surface area contributed by atoms with Crippen LogP contribution in [0.3, 0.4) is 0 Å². The Morgan fingerprint density at radius 2 is 1.80 bits per heavy atom. The first-order valence-corrected chi connectivity index (χ1v) is 9.87. The first-order chi connectivity index (χ1) is 14.5. The third-order valence-corrected chi connectivity index (χ3v) is 4.69. The number of hydrogen-bond donors (Lipinski definition) is 1. The second kappa shape index (κ2) is 10.5. The smallest absolute Gasteiger partial charge is 0.277 e. The van der Waals surface area contributed by atoms with Gasteiger partial charge in [0.1, 0.15) is 18.1 Å². The maximum Gasteiger partial charge on any atom is 0.277 e. The van der Waals surface area contributed by atoms with Gasteiger partial charge in [0.05, 0.1) is 6.21 Å². The van der Waals surface area contributed by atoms with Gasteiger partial charge in [0.25, 0.3) is 5.91 Å². The van der Waals surface area contributed by atoms with E-state index in [0.717, 1.165) is 28.0 Å². The molecule has 1 N–H and O–H groups in total. The van der Waals surface area contributed by atoms with Crippen molar-refractivity contribution in [3.8, 4) is 11.5 Å². The van der Waals surface area contributed by atoms with Crippen LogP contribution >= 0.6 is 11.6 Å². The van der Waals surface area contributed by atoms with Crippen LogP contribution in [0.5, 0.6) is 11.5 Å². The summed E-state index contributed by atoms with van der Waals surface area (Å²) in [6, 6.07) is 20.8. The van der Waals surface area contributed by atoms with Crippen molar-refractivity contribution in [3.05, 3.63) is 94.0 Å². The number of nitrogens with one attached hydrogen (secondary N) is 1. The van der Waals surface area contributed by atoms with E-state index < -0.39 is 0 Å². The number of carbonyl (C=O) groups excluding carboxylic acids is 1. The number of hydrogen-bond acceptors (Lipinski definition) is 4. The Balaban J connectivity index is 1.44. The lowest BCUT2D eigenvalue weighted by atomic mass is 10.1. The van der Waals surface area contributed by atoms with E-state index >= 15 is 0 Å². The Bertz CT molecular complexity index is 1030. The predicted octanol–water partition coefficient (Wildman–Crippen LogP) is 5.06. The molecule has 5 nitrogen and oxygen atoms in total. The molecule has 0 bridgehead atoms. The largest absolute Gasteiger partial charge is 0.489 e. The van der Waals surface area contributed by atoms with Crippen LogP contribution < -0.4 is 14.9 Å². The van der Waals surface area contributed by atoms with Gasteiger partial charge in [-0.2, -0.15) is 5.10 Å². The number of rotatable bonds is 8. The number of halogens is 1. The molecule has 0 aliphatic carbocycles. The van der Waals surface area contributed by atoms with Crippen molar-refractivity contribution in [2.75, 3.05) is 6.61 Å². The maximum atomic E-state index is 11.9. The fourth-order valence-corrected chi connectivity index (χ4v) is 2.93.